The lowest BCUT2D eigenvalue weighted by Crippen LogP contribution is -2.17. The van der Waals surface area contributed by atoms with E-state index in [0.29, 0.717) is 5.75 Å². The highest BCUT2D eigenvalue weighted by Crippen LogP contribution is 2.19. The van der Waals surface area contributed by atoms with Crippen LogP contribution in [-0.2, 0) is 0 Å². The lowest BCUT2D eigenvalue weighted by Gasteiger charge is -2.12. The minimum atomic E-state index is -0.0282. The van der Waals surface area contributed by atoms with E-state index in [1.54, 1.807) is 0 Å². The van der Waals surface area contributed by atoms with Gasteiger partial charge in [0.15, 0.2) is 5.78 Å². The van der Waals surface area contributed by atoms with Crippen LogP contribution in [0.25, 0.3) is 0 Å². The van der Waals surface area contributed by atoms with Crippen LogP contribution in [0.1, 0.15) is 23.7 Å². The molecule has 0 bridgehead atoms. The maximum Gasteiger partial charge on any atom is 0.175 e. The fraction of sp³-hybridized carbons (Fsp3) is 0.417. The van der Waals surface area contributed by atoms with Crippen molar-refractivity contribution in [3.05, 3.63) is 35.9 Å². The van der Waals surface area contributed by atoms with Crippen LogP contribution in [0.3, 0.4) is 0 Å². The summed E-state index contributed by atoms with van der Waals surface area (Å²) in [5.41, 5.74) is 0.759. The Morgan fingerprint density at radius 2 is 2.07 bits per heavy atom. The predicted molar refractivity (Wildman–Crippen MR) is 64.4 cm³/mol. The summed E-state index contributed by atoms with van der Waals surface area (Å²) in [5, 5.41) is 8.70. The number of hydrogen-bond donors (Lipinski definition) is 1. The standard InChI is InChI=1S/C12H16O2S/c1-2-11(15-9-8-13)12(14)10-6-4-3-5-7-10/h3-7,11,13H,2,8-9H2,1H3. The molecule has 0 amide bonds. The molecule has 0 aliphatic rings. The Morgan fingerprint density at radius 3 is 2.60 bits per heavy atom. The lowest BCUT2D eigenvalue weighted by molar-refractivity contribution is 0.0988. The van der Waals surface area contributed by atoms with Crippen molar-refractivity contribution in [3.8, 4) is 0 Å². The summed E-state index contributed by atoms with van der Waals surface area (Å²) in [6.07, 6.45) is 0.804. The number of thioether (sulfide) groups is 1. The van der Waals surface area contributed by atoms with E-state index >= 15 is 0 Å². The van der Waals surface area contributed by atoms with Crippen LogP contribution in [-0.4, -0.2) is 28.5 Å². The van der Waals surface area contributed by atoms with Gasteiger partial charge in [0.05, 0.1) is 11.9 Å². The van der Waals surface area contributed by atoms with Crippen molar-refractivity contribution in [2.75, 3.05) is 12.4 Å². The summed E-state index contributed by atoms with van der Waals surface area (Å²) >= 11 is 1.52. The van der Waals surface area contributed by atoms with E-state index in [0.717, 1.165) is 12.0 Å². The third-order valence-electron chi connectivity index (χ3n) is 2.13. The van der Waals surface area contributed by atoms with E-state index in [2.05, 4.69) is 0 Å². The van der Waals surface area contributed by atoms with E-state index < -0.39 is 0 Å². The fourth-order valence-electron chi connectivity index (χ4n) is 1.36. The summed E-state index contributed by atoms with van der Waals surface area (Å²) in [4.78, 5) is 12.0. The molecule has 82 valence electrons. The van der Waals surface area contributed by atoms with Gasteiger partial charge < -0.3 is 5.11 Å². The second-order valence-electron chi connectivity index (χ2n) is 3.22. The minimum absolute atomic E-state index is 0.0282. The maximum atomic E-state index is 12.0. The van der Waals surface area contributed by atoms with Crippen molar-refractivity contribution < 1.29 is 9.90 Å². The molecule has 0 radical (unpaired) electrons. The average Bonchev–Trinajstić information content (AvgIpc) is 2.31. The van der Waals surface area contributed by atoms with Gasteiger partial charge in [0.25, 0.3) is 0 Å². The molecule has 0 saturated carbocycles. The van der Waals surface area contributed by atoms with E-state index in [-0.39, 0.29) is 17.6 Å². The Morgan fingerprint density at radius 1 is 1.40 bits per heavy atom. The molecule has 1 unspecified atom stereocenters. The maximum absolute atomic E-state index is 12.0. The molecule has 0 spiro atoms. The van der Waals surface area contributed by atoms with Crippen LogP contribution < -0.4 is 0 Å². The molecule has 1 atom stereocenters. The van der Waals surface area contributed by atoms with Crippen molar-refractivity contribution in [3.63, 3.8) is 0 Å². The monoisotopic (exact) mass is 224 g/mol. The first kappa shape index (κ1) is 12.3. The Balaban J connectivity index is 2.65. The summed E-state index contributed by atoms with van der Waals surface area (Å²) in [6, 6.07) is 9.32. The van der Waals surface area contributed by atoms with E-state index in [1.165, 1.54) is 11.8 Å². The van der Waals surface area contributed by atoms with Crippen LogP contribution in [0, 0.1) is 0 Å². The molecule has 2 nitrogen and oxygen atoms in total. The van der Waals surface area contributed by atoms with Crippen LogP contribution in [0.15, 0.2) is 30.3 Å². The first-order valence-corrected chi connectivity index (χ1v) is 6.16. The van der Waals surface area contributed by atoms with Gasteiger partial charge in [-0.3, -0.25) is 4.79 Å². The topological polar surface area (TPSA) is 37.3 Å². The smallest absolute Gasteiger partial charge is 0.175 e. The molecule has 0 aromatic heterocycles. The van der Waals surface area contributed by atoms with E-state index in [9.17, 15) is 4.79 Å². The highest BCUT2D eigenvalue weighted by molar-refractivity contribution is 8.00. The fourth-order valence-corrected chi connectivity index (χ4v) is 2.28. The van der Waals surface area contributed by atoms with Gasteiger partial charge in [0, 0.05) is 11.3 Å². The molecule has 1 rings (SSSR count). The number of Topliss-reactive ketones (excluding diaryl/α,β-unsaturated/α-hetero) is 1. The first-order chi connectivity index (χ1) is 7.29. The number of hydrogen-bond acceptors (Lipinski definition) is 3. The minimum Gasteiger partial charge on any atom is -0.396 e. The van der Waals surface area contributed by atoms with Gasteiger partial charge >= 0.3 is 0 Å². The van der Waals surface area contributed by atoms with Crippen molar-refractivity contribution in [1.82, 2.24) is 0 Å². The number of aliphatic hydroxyl groups is 1. The van der Waals surface area contributed by atoms with Crippen molar-refractivity contribution in [2.45, 2.75) is 18.6 Å². The molecule has 0 fully saturated rings. The van der Waals surface area contributed by atoms with Gasteiger partial charge in [-0.1, -0.05) is 37.3 Å². The second-order valence-corrected chi connectivity index (χ2v) is 4.53. The normalized spacial score (nSPS) is 12.4. The largest absolute Gasteiger partial charge is 0.396 e. The molecule has 0 heterocycles. The van der Waals surface area contributed by atoms with Crippen LogP contribution >= 0.6 is 11.8 Å². The van der Waals surface area contributed by atoms with Crippen molar-refractivity contribution in [1.29, 1.82) is 0 Å². The second kappa shape index (κ2) is 6.64. The van der Waals surface area contributed by atoms with Crippen LogP contribution in [0.5, 0.6) is 0 Å². The molecule has 1 aromatic carbocycles. The van der Waals surface area contributed by atoms with E-state index in [1.807, 2.05) is 37.3 Å². The molecular formula is C12H16O2S. The van der Waals surface area contributed by atoms with Crippen LogP contribution in [0.2, 0.25) is 0 Å². The zero-order chi connectivity index (χ0) is 11.1. The summed E-state index contributed by atoms with van der Waals surface area (Å²) in [5.74, 6) is 0.786. The molecule has 0 saturated heterocycles. The molecule has 15 heavy (non-hydrogen) atoms. The predicted octanol–water partition coefficient (Wildman–Crippen LogP) is 2.37. The number of ketones is 1. The number of aliphatic hydroxyl groups excluding tert-OH is 1. The summed E-state index contributed by atoms with van der Waals surface area (Å²) in [6.45, 7) is 2.12. The summed E-state index contributed by atoms with van der Waals surface area (Å²) < 4.78 is 0. The van der Waals surface area contributed by atoms with E-state index in [4.69, 9.17) is 5.11 Å². The SMILES string of the molecule is CCC(SCCO)C(=O)c1ccccc1. The molecule has 1 aromatic rings. The Hall–Kier alpha value is -0.800. The lowest BCUT2D eigenvalue weighted by atomic mass is 10.1. The molecule has 3 heteroatoms. The van der Waals surface area contributed by atoms with Gasteiger partial charge in [-0.05, 0) is 6.42 Å². The number of benzene rings is 1. The zero-order valence-corrected chi connectivity index (χ0v) is 9.67. The summed E-state index contributed by atoms with van der Waals surface area (Å²) in [7, 11) is 0. The van der Waals surface area contributed by atoms with Crippen molar-refractivity contribution >= 4 is 17.5 Å². The van der Waals surface area contributed by atoms with Gasteiger partial charge in [-0.2, -0.15) is 0 Å². The third kappa shape index (κ3) is 3.68. The third-order valence-corrected chi connectivity index (χ3v) is 3.50. The van der Waals surface area contributed by atoms with Gasteiger partial charge in [0.2, 0.25) is 0 Å². The quantitative estimate of drug-likeness (QED) is 0.754. The van der Waals surface area contributed by atoms with Gasteiger partial charge in [0.1, 0.15) is 0 Å². The number of rotatable bonds is 6. The highest BCUT2D eigenvalue weighted by atomic mass is 32.2. The number of carbonyl (C=O) groups excluding carboxylic acids is 1. The van der Waals surface area contributed by atoms with Crippen LogP contribution in [0.4, 0.5) is 0 Å². The average molecular weight is 224 g/mol. The Bertz CT molecular complexity index is 298. The molecule has 0 aliphatic heterocycles. The molecule has 0 aliphatic carbocycles. The van der Waals surface area contributed by atoms with Gasteiger partial charge in [-0.15, -0.1) is 11.8 Å². The molecular weight excluding hydrogens is 208 g/mol. The number of carbonyl (C=O) groups is 1. The first-order valence-electron chi connectivity index (χ1n) is 5.11. The Labute approximate surface area is 94.7 Å². The highest BCUT2D eigenvalue weighted by Gasteiger charge is 2.17. The Kier molecular flexibility index (Phi) is 5.43. The van der Waals surface area contributed by atoms with Crippen molar-refractivity contribution in [2.24, 2.45) is 0 Å². The molecule has 1 N–H and O–H groups in total. The zero-order valence-electron chi connectivity index (χ0n) is 8.85. The van der Waals surface area contributed by atoms with Gasteiger partial charge in [-0.25, -0.2) is 0 Å².